The molecule has 12 heteroatoms. The van der Waals surface area contributed by atoms with Crippen LogP contribution < -0.4 is 21.3 Å². The minimum atomic E-state index is -0.676. The van der Waals surface area contributed by atoms with Crippen molar-refractivity contribution in [3.63, 3.8) is 0 Å². The van der Waals surface area contributed by atoms with Crippen LogP contribution in [0.1, 0.15) is 66.8 Å². The van der Waals surface area contributed by atoms with Gasteiger partial charge in [-0.1, -0.05) is 80.6 Å². The molecule has 0 aliphatic heterocycles. The minimum Gasteiger partial charge on any atom is -0.465 e. The number of para-hydroxylation sites is 1. The number of ether oxygens (including phenoxy) is 1. The molecule has 4 amide bonds. The van der Waals surface area contributed by atoms with Crippen molar-refractivity contribution in [2.75, 3.05) is 28.8 Å². The van der Waals surface area contributed by atoms with E-state index in [1.165, 1.54) is 18.9 Å². The number of carbonyl (C=O) groups excluding carboxylic acids is 5. The lowest BCUT2D eigenvalue weighted by Crippen LogP contribution is -2.30. The van der Waals surface area contributed by atoms with E-state index in [1.54, 1.807) is 91.9 Å². The van der Waals surface area contributed by atoms with E-state index in [2.05, 4.69) is 35.1 Å². The van der Waals surface area contributed by atoms with Crippen LogP contribution in [0.5, 0.6) is 0 Å². The maximum Gasteiger partial charge on any atom is 0.341 e. The fourth-order valence-corrected chi connectivity index (χ4v) is 7.00. The summed E-state index contributed by atoms with van der Waals surface area (Å²) in [5.41, 5.74) is 3.88. The van der Waals surface area contributed by atoms with Gasteiger partial charge in [0.1, 0.15) is 10.7 Å². The topological polar surface area (TPSA) is 143 Å². The Hall–Kier alpha value is -5.98. The van der Waals surface area contributed by atoms with Gasteiger partial charge in [0, 0.05) is 21.8 Å². The Morgan fingerprint density at radius 1 is 0.774 bits per heavy atom. The lowest BCUT2D eigenvalue weighted by molar-refractivity contribution is -0.114. The van der Waals surface area contributed by atoms with Gasteiger partial charge in [0.05, 0.1) is 23.3 Å². The van der Waals surface area contributed by atoms with Crippen LogP contribution in [0.4, 0.5) is 16.4 Å². The summed E-state index contributed by atoms with van der Waals surface area (Å²) >= 11 is 2.20. The number of benzene rings is 4. The van der Waals surface area contributed by atoms with E-state index in [4.69, 9.17) is 4.74 Å². The minimum absolute atomic E-state index is 0.0365. The molecular weight excluding hydrogens is 709 g/mol. The number of nitrogens with one attached hydrogen (secondary N) is 4. The Labute approximate surface area is 316 Å². The van der Waals surface area contributed by atoms with E-state index >= 15 is 0 Å². The molecule has 0 atom stereocenters. The predicted molar refractivity (Wildman–Crippen MR) is 212 cm³/mol. The first-order valence-electron chi connectivity index (χ1n) is 16.6. The zero-order chi connectivity index (χ0) is 37.9. The summed E-state index contributed by atoms with van der Waals surface area (Å²) in [4.78, 5) is 66.5. The number of thiophene rings is 1. The van der Waals surface area contributed by atoms with Crippen LogP contribution in [-0.2, 0) is 14.3 Å². The van der Waals surface area contributed by atoms with Gasteiger partial charge in [-0.05, 0) is 78.1 Å². The molecule has 0 spiro atoms. The third-order valence-corrected chi connectivity index (χ3v) is 10.1. The fourth-order valence-electron chi connectivity index (χ4n) is 5.14. The Kier molecular flexibility index (Phi) is 13.0. The number of amides is 4. The summed E-state index contributed by atoms with van der Waals surface area (Å²) in [5.74, 6) is -2.16. The molecule has 0 saturated heterocycles. The van der Waals surface area contributed by atoms with Gasteiger partial charge in [0.2, 0.25) is 5.91 Å². The van der Waals surface area contributed by atoms with Crippen molar-refractivity contribution in [3.05, 3.63) is 148 Å². The second kappa shape index (κ2) is 18.0. The van der Waals surface area contributed by atoms with E-state index in [-0.39, 0.29) is 26.9 Å². The highest BCUT2D eigenvalue weighted by molar-refractivity contribution is 8.00. The molecular formula is C41H38N4O6S2. The second-order valence-electron chi connectivity index (χ2n) is 12.1. The number of esters is 1. The quantitative estimate of drug-likeness (QED) is 0.0539. The van der Waals surface area contributed by atoms with E-state index in [1.807, 2.05) is 30.3 Å². The van der Waals surface area contributed by atoms with Gasteiger partial charge in [-0.15, -0.1) is 23.1 Å². The number of rotatable bonds is 13. The van der Waals surface area contributed by atoms with Crippen molar-refractivity contribution >= 4 is 75.1 Å². The molecule has 53 heavy (non-hydrogen) atoms. The lowest BCUT2D eigenvalue weighted by atomic mass is 10.0. The molecule has 1 heterocycles. The first-order valence-corrected chi connectivity index (χ1v) is 18.4. The second-order valence-corrected chi connectivity index (χ2v) is 14.2. The summed E-state index contributed by atoms with van der Waals surface area (Å²) in [6.07, 6.45) is 1.62. The van der Waals surface area contributed by atoms with Crippen molar-refractivity contribution in [1.29, 1.82) is 0 Å². The van der Waals surface area contributed by atoms with Gasteiger partial charge in [0.15, 0.2) is 0 Å². The van der Waals surface area contributed by atoms with Crippen molar-refractivity contribution in [2.24, 2.45) is 0 Å². The van der Waals surface area contributed by atoms with Gasteiger partial charge in [-0.25, -0.2) is 4.79 Å². The molecule has 4 N–H and O–H groups in total. The fraction of sp³-hybridized carbons (Fsp3) is 0.146. The molecule has 0 bridgehead atoms. The summed E-state index contributed by atoms with van der Waals surface area (Å²) < 4.78 is 4.95. The van der Waals surface area contributed by atoms with Gasteiger partial charge in [0.25, 0.3) is 17.7 Å². The molecule has 4 aromatic carbocycles. The maximum absolute atomic E-state index is 13.6. The zero-order valence-corrected chi connectivity index (χ0v) is 31.2. The first kappa shape index (κ1) is 38.3. The summed E-state index contributed by atoms with van der Waals surface area (Å²) in [5, 5.41) is 11.4. The molecule has 0 aliphatic rings. The number of carbonyl (C=O) groups is 5. The predicted octanol–water partition coefficient (Wildman–Crippen LogP) is 8.36. The third kappa shape index (κ3) is 10.3. The Morgan fingerprint density at radius 2 is 1.43 bits per heavy atom. The van der Waals surface area contributed by atoms with Crippen LogP contribution in [0.3, 0.4) is 0 Å². The Balaban J connectivity index is 1.27. The molecule has 0 aliphatic carbocycles. The van der Waals surface area contributed by atoms with Gasteiger partial charge in [-0.2, -0.15) is 0 Å². The average molecular weight is 747 g/mol. The van der Waals surface area contributed by atoms with Crippen LogP contribution in [-0.4, -0.2) is 42.5 Å². The van der Waals surface area contributed by atoms with Crippen LogP contribution in [0.15, 0.2) is 120 Å². The smallest absolute Gasteiger partial charge is 0.341 e. The highest BCUT2D eigenvalue weighted by Gasteiger charge is 2.26. The van der Waals surface area contributed by atoms with Crippen molar-refractivity contribution in [1.82, 2.24) is 5.32 Å². The van der Waals surface area contributed by atoms with Crippen molar-refractivity contribution in [2.45, 2.75) is 31.6 Å². The zero-order valence-electron chi connectivity index (χ0n) is 29.5. The SMILES string of the molecule is COC(=O)c1c(NC(=O)CSc2cccc(NC(=O)/C(=C\c3ccc(C(C)C)cc3)NC(=O)c3ccccc3)c2)sc(C(=O)Nc2ccccc2)c1C. The van der Waals surface area contributed by atoms with Gasteiger partial charge >= 0.3 is 5.97 Å². The summed E-state index contributed by atoms with van der Waals surface area (Å²) in [6.45, 7) is 5.82. The van der Waals surface area contributed by atoms with Gasteiger partial charge < -0.3 is 26.0 Å². The molecule has 5 aromatic rings. The largest absolute Gasteiger partial charge is 0.465 e. The third-order valence-electron chi connectivity index (χ3n) is 7.93. The van der Waals surface area contributed by atoms with Crippen molar-refractivity contribution in [3.8, 4) is 0 Å². The lowest BCUT2D eigenvalue weighted by Gasteiger charge is -2.13. The molecule has 0 radical (unpaired) electrons. The van der Waals surface area contributed by atoms with Gasteiger partial charge in [-0.3, -0.25) is 19.2 Å². The average Bonchev–Trinajstić information content (AvgIpc) is 3.49. The highest BCUT2D eigenvalue weighted by Crippen LogP contribution is 2.35. The molecule has 270 valence electrons. The first-order chi connectivity index (χ1) is 25.5. The molecule has 0 fully saturated rings. The Morgan fingerprint density at radius 3 is 2.09 bits per heavy atom. The van der Waals surface area contributed by atoms with Crippen LogP contribution >= 0.6 is 23.1 Å². The molecule has 0 unspecified atom stereocenters. The number of methoxy groups -OCH3 is 1. The highest BCUT2D eigenvalue weighted by atomic mass is 32.2. The normalized spacial score (nSPS) is 11.1. The summed E-state index contributed by atoms with van der Waals surface area (Å²) in [6, 6.07) is 32.2. The van der Waals surface area contributed by atoms with Crippen molar-refractivity contribution < 1.29 is 28.7 Å². The number of anilines is 3. The maximum atomic E-state index is 13.6. The van der Waals surface area contributed by atoms with E-state index in [9.17, 15) is 24.0 Å². The number of hydrogen-bond donors (Lipinski definition) is 4. The Bertz CT molecular complexity index is 2150. The number of thioether (sulfide) groups is 1. The number of hydrogen-bond acceptors (Lipinski definition) is 8. The van der Waals surface area contributed by atoms with Crippen LogP contribution in [0, 0.1) is 6.92 Å². The molecule has 0 saturated carbocycles. The van der Waals surface area contributed by atoms with E-state index in [0.29, 0.717) is 33.3 Å². The summed E-state index contributed by atoms with van der Waals surface area (Å²) in [7, 11) is 1.23. The van der Waals surface area contributed by atoms with Crippen LogP contribution in [0.2, 0.25) is 0 Å². The van der Waals surface area contributed by atoms with E-state index < -0.39 is 29.6 Å². The molecule has 5 rings (SSSR count). The monoisotopic (exact) mass is 746 g/mol. The molecule has 1 aromatic heterocycles. The standard InChI is InChI=1S/C41H38N4O6S2/c1-25(2)28-20-18-27(19-21-28)22-33(44-37(47)29-12-7-5-8-13-29)38(48)43-31-16-11-17-32(23-31)52-24-34(46)45-40-35(41(50)51-4)26(3)36(53-40)39(49)42-30-14-9-6-10-15-30/h5-23,25H,24H2,1-4H3,(H,42,49)(H,43,48)(H,44,47)(H,45,46)/b33-22+. The van der Waals surface area contributed by atoms with Crippen LogP contribution in [0.25, 0.3) is 6.08 Å². The molecule has 10 nitrogen and oxygen atoms in total. The van der Waals surface area contributed by atoms with E-state index in [0.717, 1.165) is 22.5 Å².